The number of benzene rings is 1. The SMILES string of the molecule is CC[C@H]1CN(C)CC[C@@H]1NC(=O)C1(Cc2cccc(C)c2)CC1. The first-order valence-corrected chi connectivity index (χ1v) is 9.07. The van der Waals surface area contributed by atoms with Gasteiger partial charge in [0.1, 0.15) is 0 Å². The van der Waals surface area contributed by atoms with Crippen LogP contribution in [0.25, 0.3) is 0 Å². The highest BCUT2D eigenvalue weighted by atomic mass is 16.2. The Bertz CT molecular complexity index is 565. The van der Waals surface area contributed by atoms with Crippen LogP contribution in [0.5, 0.6) is 0 Å². The lowest BCUT2D eigenvalue weighted by molar-refractivity contribution is -0.127. The van der Waals surface area contributed by atoms with Gasteiger partial charge in [-0.1, -0.05) is 43.2 Å². The molecule has 1 saturated heterocycles. The second kappa shape index (κ2) is 6.64. The van der Waals surface area contributed by atoms with Crippen LogP contribution in [0.2, 0.25) is 0 Å². The zero-order valence-corrected chi connectivity index (χ0v) is 14.8. The number of rotatable bonds is 5. The maximum Gasteiger partial charge on any atom is 0.226 e. The number of hydrogen-bond acceptors (Lipinski definition) is 2. The van der Waals surface area contributed by atoms with Crippen LogP contribution in [0.4, 0.5) is 0 Å². The quantitative estimate of drug-likeness (QED) is 0.905. The number of hydrogen-bond donors (Lipinski definition) is 1. The van der Waals surface area contributed by atoms with Crippen molar-refractivity contribution >= 4 is 5.91 Å². The first-order chi connectivity index (χ1) is 11.0. The van der Waals surface area contributed by atoms with Crippen molar-refractivity contribution in [2.24, 2.45) is 11.3 Å². The van der Waals surface area contributed by atoms with Crippen molar-refractivity contribution in [1.82, 2.24) is 10.2 Å². The minimum Gasteiger partial charge on any atom is -0.353 e. The molecule has 2 fully saturated rings. The summed E-state index contributed by atoms with van der Waals surface area (Å²) in [6.07, 6.45) is 5.19. The number of carbonyl (C=O) groups is 1. The fraction of sp³-hybridized carbons (Fsp3) is 0.650. The predicted octanol–water partition coefficient (Wildman–Crippen LogP) is 3.16. The molecule has 126 valence electrons. The molecular formula is C20H30N2O. The molecule has 23 heavy (non-hydrogen) atoms. The van der Waals surface area contributed by atoms with Crippen LogP contribution < -0.4 is 5.32 Å². The van der Waals surface area contributed by atoms with Crippen molar-refractivity contribution < 1.29 is 4.79 Å². The highest BCUT2D eigenvalue weighted by Crippen LogP contribution is 2.49. The summed E-state index contributed by atoms with van der Waals surface area (Å²) in [7, 11) is 2.18. The number of likely N-dealkylation sites (tertiary alicyclic amines) is 1. The summed E-state index contributed by atoms with van der Waals surface area (Å²) < 4.78 is 0. The average molecular weight is 314 g/mol. The lowest BCUT2D eigenvalue weighted by atomic mass is 9.88. The molecule has 1 aromatic carbocycles. The summed E-state index contributed by atoms with van der Waals surface area (Å²) in [5, 5.41) is 3.41. The Balaban J connectivity index is 1.63. The van der Waals surface area contributed by atoms with Crippen LogP contribution in [-0.4, -0.2) is 37.0 Å². The summed E-state index contributed by atoms with van der Waals surface area (Å²) in [6.45, 7) is 6.55. The maximum atomic E-state index is 12.9. The topological polar surface area (TPSA) is 32.3 Å². The molecule has 1 aromatic rings. The van der Waals surface area contributed by atoms with Gasteiger partial charge in [0.2, 0.25) is 5.91 Å². The van der Waals surface area contributed by atoms with Gasteiger partial charge in [-0.3, -0.25) is 4.79 Å². The highest BCUT2D eigenvalue weighted by molar-refractivity contribution is 5.86. The van der Waals surface area contributed by atoms with E-state index >= 15 is 0 Å². The number of carbonyl (C=O) groups excluding carboxylic acids is 1. The second-order valence-electron chi connectivity index (χ2n) is 7.75. The highest BCUT2D eigenvalue weighted by Gasteiger charge is 2.50. The van der Waals surface area contributed by atoms with Crippen LogP contribution >= 0.6 is 0 Å². The Labute approximate surface area is 140 Å². The van der Waals surface area contributed by atoms with Crippen molar-refractivity contribution in [1.29, 1.82) is 0 Å². The Morgan fingerprint density at radius 2 is 2.17 bits per heavy atom. The standard InChI is InChI=1S/C20H30N2O/c1-4-17-14-22(3)11-8-18(17)21-19(23)20(9-10-20)13-16-7-5-6-15(2)12-16/h5-7,12,17-18H,4,8-11,13-14H2,1-3H3,(H,21,23)/t17-,18-/m0/s1. The monoisotopic (exact) mass is 314 g/mol. The first kappa shape index (κ1) is 16.5. The van der Waals surface area contributed by atoms with Gasteiger partial charge in [-0.15, -0.1) is 0 Å². The largest absolute Gasteiger partial charge is 0.353 e. The summed E-state index contributed by atoms with van der Waals surface area (Å²) in [4.78, 5) is 15.3. The molecule has 0 unspecified atom stereocenters. The molecule has 1 amide bonds. The number of nitrogens with zero attached hydrogens (tertiary/aromatic N) is 1. The fourth-order valence-corrected chi connectivity index (χ4v) is 3.99. The Hall–Kier alpha value is -1.35. The van der Waals surface area contributed by atoms with E-state index in [4.69, 9.17) is 0 Å². The summed E-state index contributed by atoms with van der Waals surface area (Å²) in [6, 6.07) is 8.96. The molecule has 0 bridgehead atoms. The third-order valence-electron chi connectivity index (χ3n) is 5.74. The molecule has 3 nitrogen and oxygen atoms in total. The zero-order chi connectivity index (χ0) is 16.4. The van der Waals surface area contributed by atoms with Crippen molar-refractivity contribution in [3.05, 3.63) is 35.4 Å². The number of piperidine rings is 1. The molecule has 1 N–H and O–H groups in total. The molecule has 3 rings (SSSR count). The van der Waals surface area contributed by atoms with Gasteiger partial charge in [0.15, 0.2) is 0 Å². The van der Waals surface area contributed by atoms with Gasteiger partial charge < -0.3 is 10.2 Å². The minimum absolute atomic E-state index is 0.130. The van der Waals surface area contributed by atoms with Crippen LogP contribution in [0.15, 0.2) is 24.3 Å². The molecule has 0 aromatic heterocycles. The van der Waals surface area contributed by atoms with E-state index in [-0.39, 0.29) is 5.41 Å². The minimum atomic E-state index is -0.130. The van der Waals surface area contributed by atoms with Crippen molar-refractivity contribution in [3.63, 3.8) is 0 Å². The van der Waals surface area contributed by atoms with Crippen LogP contribution in [0, 0.1) is 18.3 Å². The van der Waals surface area contributed by atoms with E-state index in [1.54, 1.807) is 0 Å². The van der Waals surface area contributed by atoms with Gasteiger partial charge >= 0.3 is 0 Å². The van der Waals surface area contributed by atoms with Gasteiger partial charge in [0.25, 0.3) is 0 Å². The van der Waals surface area contributed by atoms with E-state index in [1.807, 2.05) is 0 Å². The number of amides is 1. The molecule has 0 radical (unpaired) electrons. The summed E-state index contributed by atoms with van der Waals surface area (Å²) in [5.41, 5.74) is 2.45. The van der Waals surface area contributed by atoms with Gasteiger partial charge in [0.05, 0.1) is 5.41 Å². The summed E-state index contributed by atoms with van der Waals surface area (Å²) in [5.74, 6) is 0.888. The molecular weight excluding hydrogens is 284 g/mol. The molecule has 1 saturated carbocycles. The average Bonchev–Trinajstić information content (AvgIpc) is 3.30. The molecule has 1 aliphatic carbocycles. The molecule has 0 spiro atoms. The molecule has 1 aliphatic heterocycles. The van der Waals surface area contributed by atoms with E-state index in [0.29, 0.717) is 17.9 Å². The molecule has 2 atom stereocenters. The van der Waals surface area contributed by atoms with Gasteiger partial charge in [0, 0.05) is 12.6 Å². The van der Waals surface area contributed by atoms with E-state index in [1.165, 1.54) is 11.1 Å². The van der Waals surface area contributed by atoms with Gasteiger partial charge in [-0.25, -0.2) is 0 Å². The molecule has 3 heteroatoms. The Morgan fingerprint density at radius 3 is 2.83 bits per heavy atom. The summed E-state index contributed by atoms with van der Waals surface area (Å²) >= 11 is 0. The number of aryl methyl sites for hydroxylation is 1. The lowest BCUT2D eigenvalue weighted by Crippen LogP contribution is -2.51. The van der Waals surface area contributed by atoms with Gasteiger partial charge in [-0.05, 0) is 57.7 Å². The fourth-order valence-electron chi connectivity index (χ4n) is 3.99. The molecule has 1 heterocycles. The Kier molecular flexibility index (Phi) is 4.77. The lowest BCUT2D eigenvalue weighted by Gasteiger charge is -2.37. The second-order valence-corrected chi connectivity index (χ2v) is 7.75. The smallest absolute Gasteiger partial charge is 0.226 e. The third kappa shape index (κ3) is 3.77. The van der Waals surface area contributed by atoms with Crippen LogP contribution in [0.1, 0.15) is 43.7 Å². The Morgan fingerprint density at radius 1 is 1.39 bits per heavy atom. The number of nitrogens with one attached hydrogen (secondary N) is 1. The maximum absolute atomic E-state index is 12.9. The van der Waals surface area contributed by atoms with Crippen molar-refractivity contribution in [3.8, 4) is 0 Å². The predicted molar refractivity (Wildman–Crippen MR) is 94.4 cm³/mol. The van der Waals surface area contributed by atoms with Crippen molar-refractivity contribution in [2.75, 3.05) is 20.1 Å². The normalized spacial score (nSPS) is 26.7. The van der Waals surface area contributed by atoms with E-state index < -0.39 is 0 Å². The van der Waals surface area contributed by atoms with E-state index in [2.05, 4.69) is 55.4 Å². The van der Waals surface area contributed by atoms with Crippen LogP contribution in [0.3, 0.4) is 0 Å². The molecule has 2 aliphatic rings. The first-order valence-electron chi connectivity index (χ1n) is 9.07. The van der Waals surface area contributed by atoms with E-state index in [0.717, 1.165) is 45.2 Å². The van der Waals surface area contributed by atoms with Crippen LogP contribution in [-0.2, 0) is 11.2 Å². The van der Waals surface area contributed by atoms with E-state index in [9.17, 15) is 4.79 Å². The third-order valence-corrected chi connectivity index (χ3v) is 5.74. The zero-order valence-electron chi connectivity index (χ0n) is 14.8. The van der Waals surface area contributed by atoms with Gasteiger partial charge in [-0.2, -0.15) is 0 Å². The van der Waals surface area contributed by atoms with Crippen molar-refractivity contribution in [2.45, 2.75) is 52.0 Å².